The molecule has 100 valence electrons. The number of alkyl halides is 1. The maximum atomic E-state index is 9.18. The molecule has 19 heavy (non-hydrogen) atoms. The Morgan fingerprint density at radius 1 is 1.47 bits per heavy atom. The van der Waals surface area contributed by atoms with E-state index in [2.05, 4.69) is 29.5 Å². The van der Waals surface area contributed by atoms with E-state index in [1.54, 1.807) is 0 Å². The number of aromatic nitrogens is 2. The van der Waals surface area contributed by atoms with Crippen LogP contribution in [0.2, 0.25) is 0 Å². The van der Waals surface area contributed by atoms with Crippen molar-refractivity contribution in [2.75, 3.05) is 5.88 Å². The molecule has 0 bridgehead atoms. The minimum atomic E-state index is 0.377. The number of imidazole rings is 1. The maximum absolute atomic E-state index is 9.18. The van der Waals surface area contributed by atoms with Gasteiger partial charge >= 0.3 is 0 Å². The van der Waals surface area contributed by atoms with Crippen molar-refractivity contribution in [2.24, 2.45) is 0 Å². The number of rotatable bonds is 5. The zero-order valence-corrected chi connectivity index (χ0v) is 12.1. The van der Waals surface area contributed by atoms with Gasteiger partial charge in [0.1, 0.15) is 17.4 Å². The summed E-state index contributed by atoms with van der Waals surface area (Å²) >= 11 is 5.87. The molecule has 1 heterocycles. The number of nitriles is 1. The Morgan fingerprint density at radius 2 is 2.26 bits per heavy atom. The van der Waals surface area contributed by atoms with Gasteiger partial charge < -0.3 is 4.57 Å². The molecule has 0 aliphatic heterocycles. The minimum absolute atomic E-state index is 0.377. The SMILES string of the molecule is CCCC(C)n1c(CCCl)nc2c(C#N)cccc21. The van der Waals surface area contributed by atoms with Crippen molar-refractivity contribution in [2.45, 2.75) is 39.2 Å². The van der Waals surface area contributed by atoms with E-state index in [-0.39, 0.29) is 0 Å². The van der Waals surface area contributed by atoms with Crippen molar-refractivity contribution in [3.8, 4) is 6.07 Å². The zero-order chi connectivity index (χ0) is 13.8. The van der Waals surface area contributed by atoms with Crippen LogP contribution in [0.4, 0.5) is 0 Å². The van der Waals surface area contributed by atoms with Gasteiger partial charge in [0.15, 0.2) is 0 Å². The van der Waals surface area contributed by atoms with Gasteiger partial charge in [0.25, 0.3) is 0 Å². The molecule has 0 amide bonds. The van der Waals surface area contributed by atoms with Gasteiger partial charge in [-0.15, -0.1) is 11.6 Å². The summed E-state index contributed by atoms with van der Waals surface area (Å²) in [6, 6.07) is 8.36. The standard InChI is InChI=1S/C15H18ClN3/c1-3-5-11(2)19-13-7-4-6-12(10-17)15(13)18-14(19)8-9-16/h4,6-7,11H,3,5,8-9H2,1-2H3. The fourth-order valence-electron chi connectivity index (χ4n) is 2.55. The summed E-state index contributed by atoms with van der Waals surface area (Å²) in [5, 5.41) is 9.18. The summed E-state index contributed by atoms with van der Waals surface area (Å²) in [7, 11) is 0. The maximum Gasteiger partial charge on any atom is 0.111 e. The summed E-state index contributed by atoms with van der Waals surface area (Å²) < 4.78 is 2.24. The molecule has 1 unspecified atom stereocenters. The predicted molar refractivity (Wildman–Crippen MR) is 78.5 cm³/mol. The van der Waals surface area contributed by atoms with Crippen molar-refractivity contribution in [1.29, 1.82) is 5.26 Å². The second-order valence-electron chi connectivity index (χ2n) is 4.76. The topological polar surface area (TPSA) is 41.6 Å². The van der Waals surface area contributed by atoms with Gasteiger partial charge in [-0.25, -0.2) is 4.98 Å². The van der Waals surface area contributed by atoms with Crippen LogP contribution in [-0.2, 0) is 6.42 Å². The van der Waals surface area contributed by atoms with Crippen LogP contribution in [0.5, 0.6) is 0 Å². The fourth-order valence-corrected chi connectivity index (χ4v) is 2.72. The third-order valence-corrected chi connectivity index (χ3v) is 3.57. The molecule has 3 nitrogen and oxygen atoms in total. The molecular weight excluding hydrogens is 258 g/mol. The van der Waals surface area contributed by atoms with E-state index in [9.17, 15) is 5.26 Å². The Labute approximate surface area is 118 Å². The van der Waals surface area contributed by atoms with Crippen LogP contribution in [-0.4, -0.2) is 15.4 Å². The lowest BCUT2D eigenvalue weighted by Crippen LogP contribution is -2.09. The number of benzene rings is 1. The number of para-hydroxylation sites is 1. The van der Waals surface area contributed by atoms with Crippen molar-refractivity contribution in [3.05, 3.63) is 29.6 Å². The van der Waals surface area contributed by atoms with Crippen molar-refractivity contribution in [3.63, 3.8) is 0 Å². The molecule has 0 saturated carbocycles. The van der Waals surface area contributed by atoms with Gasteiger partial charge in [0, 0.05) is 18.3 Å². The van der Waals surface area contributed by atoms with Crippen LogP contribution in [0.15, 0.2) is 18.2 Å². The Balaban J connectivity index is 2.64. The lowest BCUT2D eigenvalue weighted by molar-refractivity contribution is 0.496. The highest BCUT2D eigenvalue weighted by Crippen LogP contribution is 2.26. The van der Waals surface area contributed by atoms with Crippen molar-refractivity contribution >= 4 is 22.6 Å². The quantitative estimate of drug-likeness (QED) is 0.773. The van der Waals surface area contributed by atoms with Gasteiger partial charge in [-0.3, -0.25) is 0 Å². The first-order valence-corrected chi connectivity index (χ1v) is 7.22. The Morgan fingerprint density at radius 3 is 2.89 bits per heavy atom. The molecule has 0 saturated heterocycles. The highest BCUT2D eigenvalue weighted by Gasteiger charge is 2.16. The third kappa shape index (κ3) is 2.59. The van der Waals surface area contributed by atoms with E-state index in [1.165, 1.54) is 0 Å². The normalized spacial score (nSPS) is 12.5. The van der Waals surface area contributed by atoms with E-state index in [4.69, 9.17) is 11.6 Å². The first-order chi connectivity index (χ1) is 9.22. The molecule has 0 aliphatic rings. The molecule has 1 aromatic carbocycles. The van der Waals surface area contributed by atoms with Crippen molar-refractivity contribution in [1.82, 2.24) is 9.55 Å². The Kier molecular flexibility index (Phi) is 4.44. The lowest BCUT2D eigenvalue weighted by atomic mass is 10.1. The molecular formula is C15H18ClN3. The zero-order valence-electron chi connectivity index (χ0n) is 11.4. The monoisotopic (exact) mass is 275 g/mol. The number of fused-ring (bicyclic) bond motifs is 1. The second kappa shape index (κ2) is 6.08. The smallest absolute Gasteiger partial charge is 0.111 e. The Hall–Kier alpha value is -1.53. The number of nitrogens with zero attached hydrogens (tertiary/aromatic N) is 3. The number of halogens is 1. The van der Waals surface area contributed by atoms with E-state index >= 15 is 0 Å². The fraction of sp³-hybridized carbons (Fsp3) is 0.467. The van der Waals surface area contributed by atoms with E-state index in [0.717, 1.165) is 36.1 Å². The molecule has 0 N–H and O–H groups in total. The summed E-state index contributed by atoms with van der Waals surface area (Å²) in [6.45, 7) is 4.37. The first-order valence-electron chi connectivity index (χ1n) is 6.68. The predicted octanol–water partition coefficient (Wildman–Crippen LogP) is 4.05. The van der Waals surface area contributed by atoms with Crippen LogP contribution in [0, 0.1) is 11.3 Å². The van der Waals surface area contributed by atoms with Crippen LogP contribution >= 0.6 is 11.6 Å². The van der Waals surface area contributed by atoms with E-state index < -0.39 is 0 Å². The first kappa shape index (κ1) is 13.9. The van der Waals surface area contributed by atoms with Crippen LogP contribution in [0.1, 0.15) is 44.1 Å². The number of aryl methyl sites for hydroxylation is 1. The number of hydrogen-bond acceptors (Lipinski definition) is 2. The van der Waals surface area contributed by atoms with Gasteiger partial charge in [0.2, 0.25) is 0 Å². The molecule has 2 rings (SSSR count). The average Bonchev–Trinajstić information content (AvgIpc) is 2.77. The largest absolute Gasteiger partial charge is 0.325 e. The van der Waals surface area contributed by atoms with Gasteiger partial charge in [-0.1, -0.05) is 19.4 Å². The number of hydrogen-bond donors (Lipinski definition) is 0. The highest BCUT2D eigenvalue weighted by atomic mass is 35.5. The minimum Gasteiger partial charge on any atom is -0.325 e. The molecule has 0 spiro atoms. The second-order valence-corrected chi connectivity index (χ2v) is 5.14. The van der Waals surface area contributed by atoms with Gasteiger partial charge in [0.05, 0.1) is 11.1 Å². The summed E-state index contributed by atoms with van der Waals surface area (Å²) in [5.41, 5.74) is 2.48. The summed E-state index contributed by atoms with van der Waals surface area (Å²) in [5.74, 6) is 1.53. The third-order valence-electron chi connectivity index (χ3n) is 3.38. The molecule has 0 aliphatic carbocycles. The molecule has 0 fully saturated rings. The molecule has 0 radical (unpaired) electrons. The molecule has 1 atom stereocenters. The lowest BCUT2D eigenvalue weighted by Gasteiger charge is -2.16. The van der Waals surface area contributed by atoms with Crippen molar-refractivity contribution < 1.29 is 0 Å². The van der Waals surface area contributed by atoms with Crippen LogP contribution in [0.25, 0.3) is 11.0 Å². The van der Waals surface area contributed by atoms with Gasteiger partial charge in [-0.2, -0.15) is 5.26 Å². The summed E-state index contributed by atoms with van der Waals surface area (Å²) in [4.78, 5) is 4.63. The highest BCUT2D eigenvalue weighted by molar-refractivity contribution is 6.17. The van der Waals surface area contributed by atoms with Crippen LogP contribution < -0.4 is 0 Å². The van der Waals surface area contributed by atoms with E-state index in [0.29, 0.717) is 17.5 Å². The van der Waals surface area contributed by atoms with E-state index in [1.807, 2.05) is 18.2 Å². The Bertz CT molecular complexity index is 610. The molecule has 1 aromatic heterocycles. The average molecular weight is 276 g/mol. The molecule has 2 aromatic rings. The van der Waals surface area contributed by atoms with Gasteiger partial charge in [-0.05, 0) is 25.5 Å². The summed E-state index contributed by atoms with van der Waals surface area (Å²) in [6.07, 6.45) is 2.95. The van der Waals surface area contributed by atoms with Crippen LogP contribution in [0.3, 0.4) is 0 Å². The molecule has 4 heteroatoms.